The van der Waals surface area contributed by atoms with Crippen LogP contribution in [0.5, 0.6) is 0 Å². The number of carbonyl (C=O) groups is 2. The van der Waals surface area contributed by atoms with Crippen LogP contribution in [0.25, 0.3) is 0 Å². The van der Waals surface area contributed by atoms with Crippen molar-refractivity contribution < 1.29 is 22.4 Å². The monoisotopic (exact) mass is 499 g/mol. The molecule has 1 atom stereocenters. The van der Waals surface area contributed by atoms with Crippen molar-refractivity contribution in [3.63, 3.8) is 0 Å². The molecule has 5 rings (SSSR count). The molecule has 1 saturated carbocycles. The number of fused-ring (bicyclic) bond motifs is 1. The molecule has 0 bridgehead atoms. The summed E-state index contributed by atoms with van der Waals surface area (Å²) >= 11 is 0. The summed E-state index contributed by atoms with van der Waals surface area (Å²) in [6.07, 6.45) is 3.29. The highest BCUT2D eigenvalue weighted by Gasteiger charge is 2.40. The number of benzene rings is 2. The molecule has 2 aromatic rings. The molecule has 2 heterocycles. The van der Waals surface area contributed by atoms with Crippen LogP contribution in [-0.2, 0) is 26.0 Å². The van der Waals surface area contributed by atoms with Crippen LogP contribution in [0.1, 0.15) is 43.7 Å². The number of anilines is 2. The van der Waals surface area contributed by atoms with E-state index in [1.54, 1.807) is 37.3 Å². The van der Waals surface area contributed by atoms with Crippen molar-refractivity contribution >= 4 is 33.2 Å². The number of hydrogen-bond donors (Lipinski definition) is 1. The summed E-state index contributed by atoms with van der Waals surface area (Å²) < 4.78 is 41.9. The van der Waals surface area contributed by atoms with Gasteiger partial charge in [0.05, 0.1) is 4.90 Å². The SMILES string of the molecule is Cc1ccc(NC(=O)C2CCN(S(=O)(=O)c3ccc4c(c3)C[C@H](C)N4C(=O)C3CC3)CC2)cc1F. The van der Waals surface area contributed by atoms with Crippen molar-refractivity contribution in [3.05, 3.63) is 53.3 Å². The number of halogens is 1. The van der Waals surface area contributed by atoms with Crippen molar-refractivity contribution in [3.8, 4) is 0 Å². The Labute approximate surface area is 205 Å². The molecule has 2 fully saturated rings. The minimum absolute atomic E-state index is 0.0207. The van der Waals surface area contributed by atoms with Crippen LogP contribution in [0.4, 0.5) is 15.8 Å². The van der Waals surface area contributed by atoms with E-state index in [1.807, 2.05) is 11.8 Å². The third-order valence-electron chi connectivity index (χ3n) is 7.33. The van der Waals surface area contributed by atoms with Gasteiger partial charge in [-0.3, -0.25) is 9.59 Å². The Morgan fingerprint density at radius 2 is 1.71 bits per heavy atom. The van der Waals surface area contributed by atoms with Gasteiger partial charge in [0.1, 0.15) is 5.82 Å². The van der Waals surface area contributed by atoms with Gasteiger partial charge in [0.25, 0.3) is 0 Å². The minimum atomic E-state index is -3.71. The number of hydrogen-bond acceptors (Lipinski definition) is 4. The van der Waals surface area contributed by atoms with Crippen LogP contribution in [0, 0.1) is 24.6 Å². The maximum atomic E-state index is 13.8. The summed E-state index contributed by atoms with van der Waals surface area (Å²) in [5.74, 6) is -0.700. The summed E-state index contributed by atoms with van der Waals surface area (Å²) in [7, 11) is -3.71. The van der Waals surface area contributed by atoms with Gasteiger partial charge in [-0.05, 0) is 87.4 Å². The van der Waals surface area contributed by atoms with Gasteiger partial charge < -0.3 is 10.2 Å². The first-order chi connectivity index (χ1) is 16.6. The molecule has 1 aliphatic carbocycles. The number of sulfonamides is 1. The van der Waals surface area contributed by atoms with Crippen LogP contribution >= 0.6 is 0 Å². The molecule has 9 heteroatoms. The summed E-state index contributed by atoms with van der Waals surface area (Å²) in [6.45, 7) is 4.13. The molecular weight excluding hydrogens is 469 g/mol. The Morgan fingerprint density at radius 1 is 1.00 bits per heavy atom. The van der Waals surface area contributed by atoms with Gasteiger partial charge in [0.15, 0.2) is 0 Å². The van der Waals surface area contributed by atoms with E-state index in [1.165, 1.54) is 10.4 Å². The lowest BCUT2D eigenvalue weighted by Gasteiger charge is -2.30. The van der Waals surface area contributed by atoms with Crippen LogP contribution in [0.2, 0.25) is 0 Å². The van der Waals surface area contributed by atoms with Gasteiger partial charge in [0, 0.05) is 42.3 Å². The van der Waals surface area contributed by atoms with E-state index < -0.39 is 10.0 Å². The van der Waals surface area contributed by atoms with Crippen LogP contribution < -0.4 is 10.2 Å². The summed E-state index contributed by atoms with van der Waals surface area (Å²) in [6, 6.07) is 9.62. The fourth-order valence-corrected chi connectivity index (χ4v) is 6.57. The first-order valence-electron chi connectivity index (χ1n) is 12.2. The van der Waals surface area contributed by atoms with Crippen molar-refractivity contribution in [2.24, 2.45) is 11.8 Å². The predicted molar refractivity (Wildman–Crippen MR) is 131 cm³/mol. The highest BCUT2D eigenvalue weighted by atomic mass is 32.2. The molecule has 0 spiro atoms. The number of nitrogens with one attached hydrogen (secondary N) is 1. The zero-order chi connectivity index (χ0) is 24.9. The van der Waals surface area contributed by atoms with E-state index in [0.29, 0.717) is 30.5 Å². The van der Waals surface area contributed by atoms with E-state index >= 15 is 0 Å². The van der Waals surface area contributed by atoms with Gasteiger partial charge in [-0.2, -0.15) is 4.31 Å². The molecule has 0 unspecified atom stereocenters. The van der Waals surface area contributed by atoms with Gasteiger partial charge in [-0.15, -0.1) is 0 Å². The Kier molecular flexibility index (Phi) is 6.17. The van der Waals surface area contributed by atoms with Crippen LogP contribution in [-0.4, -0.2) is 43.7 Å². The molecular formula is C26H30FN3O4S. The summed E-state index contributed by atoms with van der Waals surface area (Å²) in [5.41, 5.74) is 2.60. The number of rotatable bonds is 5. The lowest BCUT2D eigenvalue weighted by Crippen LogP contribution is -2.41. The van der Waals surface area contributed by atoms with Crippen LogP contribution in [0.3, 0.4) is 0 Å². The Bertz CT molecular complexity index is 1280. The first-order valence-corrected chi connectivity index (χ1v) is 13.6. The van der Waals surface area contributed by atoms with Gasteiger partial charge in [-0.25, -0.2) is 12.8 Å². The third kappa shape index (κ3) is 4.59. The summed E-state index contributed by atoms with van der Waals surface area (Å²) in [5, 5.41) is 2.74. The largest absolute Gasteiger partial charge is 0.326 e. The second-order valence-electron chi connectivity index (χ2n) is 9.96. The topological polar surface area (TPSA) is 86.8 Å². The number of nitrogens with zero attached hydrogens (tertiary/aromatic N) is 2. The number of amides is 2. The lowest BCUT2D eigenvalue weighted by molar-refractivity contribution is -0.121. The quantitative estimate of drug-likeness (QED) is 0.677. The smallest absolute Gasteiger partial charge is 0.243 e. The van der Waals surface area contributed by atoms with Gasteiger partial charge in [-0.1, -0.05) is 6.07 Å². The molecule has 2 aromatic carbocycles. The highest BCUT2D eigenvalue weighted by Crippen LogP contribution is 2.40. The van der Waals surface area contributed by atoms with E-state index in [-0.39, 0.29) is 53.5 Å². The van der Waals surface area contributed by atoms with E-state index in [0.717, 1.165) is 24.1 Å². The normalized spacial score (nSPS) is 21.1. The molecule has 2 aliphatic heterocycles. The minimum Gasteiger partial charge on any atom is -0.326 e. The predicted octanol–water partition coefficient (Wildman–Crippen LogP) is 3.86. The third-order valence-corrected chi connectivity index (χ3v) is 9.23. The maximum Gasteiger partial charge on any atom is 0.243 e. The molecule has 3 aliphatic rings. The average Bonchev–Trinajstić information content (AvgIpc) is 3.63. The van der Waals surface area contributed by atoms with Crippen LogP contribution in [0.15, 0.2) is 41.3 Å². The number of aryl methyl sites for hydroxylation is 1. The second-order valence-corrected chi connectivity index (χ2v) is 11.9. The molecule has 186 valence electrons. The molecule has 2 amide bonds. The van der Waals surface area contributed by atoms with Gasteiger partial charge >= 0.3 is 0 Å². The van der Waals surface area contributed by atoms with Crippen molar-refractivity contribution in [1.82, 2.24) is 4.31 Å². The number of piperidine rings is 1. The zero-order valence-electron chi connectivity index (χ0n) is 20.0. The standard InChI is InChI=1S/C26H30FN3O4S/c1-16-3-6-21(15-23(16)27)28-25(31)18-9-11-29(12-10-18)35(33,34)22-7-8-24-20(14-22)13-17(2)30(24)26(32)19-4-5-19/h3,6-8,14-15,17-19H,4-5,9-13H2,1-2H3,(H,28,31)/t17-/m0/s1. The summed E-state index contributed by atoms with van der Waals surface area (Å²) in [4.78, 5) is 27.4. The van der Waals surface area contributed by atoms with Gasteiger partial charge in [0.2, 0.25) is 21.8 Å². The molecule has 35 heavy (non-hydrogen) atoms. The van der Waals surface area contributed by atoms with Crippen molar-refractivity contribution in [2.45, 2.75) is 56.9 Å². The maximum absolute atomic E-state index is 13.8. The fourth-order valence-electron chi connectivity index (χ4n) is 5.05. The highest BCUT2D eigenvalue weighted by molar-refractivity contribution is 7.89. The van der Waals surface area contributed by atoms with E-state index in [2.05, 4.69) is 5.32 Å². The molecule has 1 N–H and O–H groups in total. The Morgan fingerprint density at radius 3 is 2.37 bits per heavy atom. The molecule has 0 radical (unpaired) electrons. The van der Waals surface area contributed by atoms with E-state index in [9.17, 15) is 22.4 Å². The second kappa shape index (κ2) is 9.02. The number of carbonyl (C=O) groups excluding carboxylic acids is 2. The van der Waals surface area contributed by atoms with E-state index in [4.69, 9.17) is 0 Å². The molecule has 7 nitrogen and oxygen atoms in total. The average molecular weight is 500 g/mol. The van der Waals surface area contributed by atoms with Crippen molar-refractivity contribution in [2.75, 3.05) is 23.3 Å². The first kappa shape index (κ1) is 23.9. The fraction of sp³-hybridized carbons (Fsp3) is 0.462. The molecule has 1 saturated heterocycles. The Balaban J connectivity index is 1.24. The zero-order valence-corrected chi connectivity index (χ0v) is 20.8. The molecule has 0 aromatic heterocycles. The Hall–Kier alpha value is -2.78. The lowest BCUT2D eigenvalue weighted by atomic mass is 9.97. The van der Waals surface area contributed by atoms with Crippen molar-refractivity contribution in [1.29, 1.82) is 0 Å².